The maximum atomic E-state index is 10.6. The molecule has 1 aromatic heterocycles. The van der Waals surface area contributed by atoms with Gasteiger partial charge in [-0.3, -0.25) is 4.79 Å². The summed E-state index contributed by atoms with van der Waals surface area (Å²) in [5, 5.41) is 11.9. The average Bonchev–Trinajstić information content (AvgIpc) is 2.69. The Bertz CT molecular complexity index is 705. The number of rotatable bonds is 4. The number of nitrogens with one attached hydrogen (secondary N) is 1. The Morgan fingerprint density at radius 2 is 1.75 bits per heavy atom. The average molecular weight is 390 g/mol. The lowest BCUT2D eigenvalue weighted by atomic mass is 10.3. The van der Waals surface area contributed by atoms with E-state index < -0.39 is 5.91 Å². The van der Waals surface area contributed by atoms with Gasteiger partial charge in [-0.2, -0.15) is 20.3 Å². The molecule has 10 heteroatoms. The van der Waals surface area contributed by atoms with Gasteiger partial charge < -0.3 is 22.5 Å². The van der Waals surface area contributed by atoms with E-state index in [4.69, 9.17) is 17.2 Å². The Morgan fingerprint density at radius 1 is 1.21 bits per heavy atom. The lowest BCUT2D eigenvalue weighted by Gasteiger charge is -2.10. The Kier molecular flexibility index (Phi) is 16.1. The summed E-state index contributed by atoms with van der Waals surface area (Å²) in [6, 6.07) is 9.64. The normalized spacial score (nSPS) is 8.89. The zero-order valence-corrected chi connectivity index (χ0v) is 17.1. The van der Waals surface area contributed by atoms with E-state index in [-0.39, 0.29) is 17.3 Å². The van der Waals surface area contributed by atoms with Gasteiger partial charge in [-0.1, -0.05) is 32.0 Å². The molecule has 10 nitrogen and oxygen atoms in total. The van der Waals surface area contributed by atoms with Gasteiger partial charge in [0, 0.05) is 19.1 Å². The molecule has 1 heterocycles. The number of amides is 1. The van der Waals surface area contributed by atoms with Gasteiger partial charge in [0.25, 0.3) is 5.91 Å². The highest BCUT2D eigenvalue weighted by atomic mass is 16.1. The maximum Gasteiger partial charge on any atom is 0.254 e. The van der Waals surface area contributed by atoms with Crippen LogP contribution in [0.3, 0.4) is 0 Å². The number of hydrogen-bond acceptors (Lipinski definition) is 9. The highest BCUT2D eigenvalue weighted by Crippen LogP contribution is 2.12. The summed E-state index contributed by atoms with van der Waals surface area (Å²) in [4.78, 5) is 17.6. The highest BCUT2D eigenvalue weighted by molar-refractivity contribution is 5.96. The Labute approximate surface area is 166 Å². The van der Waals surface area contributed by atoms with Crippen molar-refractivity contribution in [2.45, 2.75) is 20.8 Å². The topological polar surface area (TPSA) is 161 Å². The number of anilines is 3. The fourth-order valence-electron chi connectivity index (χ4n) is 1.45. The van der Waals surface area contributed by atoms with Crippen molar-refractivity contribution in [3.63, 3.8) is 0 Å². The number of nitrogens with zero attached hydrogens (tertiary/aromatic N) is 5. The molecule has 0 saturated carbocycles. The molecule has 7 N–H and O–H groups in total. The first-order chi connectivity index (χ1) is 13.4. The summed E-state index contributed by atoms with van der Waals surface area (Å²) in [6.45, 7) is 9.25. The molecule has 0 aliphatic rings. The molecule has 2 aromatic rings. The summed E-state index contributed by atoms with van der Waals surface area (Å²) < 4.78 is 0. The summed E-state index contributed by atoms with van der Waals surface area (Å²) in [5.41, 5.74) is 16.4. The number of hydrazone groups is 2. The quantitative estimate of drug-likeness (QED) is 0.457. The standard InChI is InChI=1S/C9H11N3.C5H7N5O.C2H7N.C2H6/c1-3-11-12(10-2)9-7-5-4-6-8-9;6-3-2(4(7)11)1-9-5(8)10-3;1-3-2;1-2/h3-8H,2H2,1H3;1H,(H2,7,11)(H4,6,8,9,10);3H,1-2H3;1-2H3/b11-3-;;;. The minimum Gasteiger partial charge on any atom is -0.383 e. The van der Waals surface area contributed by atoms with E-state index in [9.17, 15) is 4.79 Å². The van der Waals surface area contributed by atoms with E-state index in [0.29, 0.717) is 0 Å². The minimum absolute atomic E-state index is 0.00463. The van der Waals surface area contributed by atoms with Crippen molar-refractivity contribution in [3.8, 4) is 0 Å². The van der Waals surface area contributed by atoms with Crippen LogP contribution in [-0.2, 0) is 0 Å². The van der Waals surface area contributed by atoms with Crippen LogP contribution in [0.1, 0.15) is 31.1 Å². The smallest absolute Gasteiger partial charge is 0.254 e. The number of primary amides is 1. The van der Waals surface area contributed by atoms with Crippen LogP contribution >= 0.6 is 0 Å². The fraction of sp³-hybridized carbons (Fsp3) is 0.278. The molecule has 0 fully saturated rings. The molecule has 154 valence electrons. The minimum atomic E-state index is -0.664. The van der Waals surface area contributed by atoms with Crippen LogP contribution in [0.2, 0.25) is 0 Å². The lowest BCUT2D eigenvalue weighted by molar-refractivity contribution is 0.100. The first kappa shape index (κ1) is 26.7. The number of benzene rings is 1. The van der Waals surface area contributed by atoms with Crippen LogP contribution in [0.5, 0.6) is 0 Å². The maximum absolute atomic E-state index is 10.6. The van der Waals surface area contributed by atoms with E-state index in [2.05, 4.69) is 32.2 Å². The Balaban J connectivity index is 0. The van der Waals surface area contributed by atoms with Crippen LogP contribution in [0.25, 0.3) is 0 Å². The van der Waals surface area contributed by atoms with Gasteiger partial charge in [-0.25, -0.2) is 4.98 Å². The third-order valence-corrected chi connectivity index (χ3v) is 2.45. The SMILES string of the molecule is C=NN(/N=C\C)c1ccccc1.CC.CNC.NC(=O)c1cnc(N)nc1N. The number of hydrogen-bond donors (Lipinski definition) is 4. The molecule has 0 aliphatic heterocycles. The first-order valence-electron chi connectivity index (χ1n) is 8.47. The zero-order chi connectivity index (χ0) is 21.9. The molecule has 1 aromatic carbocycles. The van der Waals surface area contributed by atoms with Crippen molar-refractivity contribution in [1.82, 2.24) is 15.3 Å². The van der Waals surface area contributed by atoms with Crippen molar-refractivity contribution in [2.24, 2.45) is 15.9 Å². The second kappa shape index (κ2) is 16.9. The van der Waals surface area contributed by atoms with E-state index >= 15 is 0 Å². The molecule has 0 atom stereocenters. The molecule has 0 aliphatic carbocycles. The molecule has 0 unspecified atom stereocenters. The van der Waals surface area contributed by atoms with Crippen molar-refractivity contribution in [1.29, 1.82) is 0 Å². The third kappa shape index (κ3) is 11.2. The van der Waals surface area contributed by atoms with Crippen LogP contribution in [0.15, 0.2) is 46.7 Å². The van der Waals surface area contributed by atoms with Gasteiger partial charge in [0.15, 0.2) is 0 Å². The number of para-hydroxylation sites is 1. The molecule has 0 spiro atoms. The largest absolute Gasteiger partial charge is 0.383 e. The van der Waals surface area contributed by atoms with Gasteiger partial charge in [0.05, 0.1) is 11.3 Å². The summed E-state index contributed by atoms with van der Waals surface area (Å²) >= 11 is 0. The van der Waals surface area contributed by atoms with Gasteiger partial charge in [-0.15, -0.1) is 0 Å². The van der Waals surface area contributed by atoms with Crippen LogP contribution in [-0.4, -0.2) is 42.9 Å². The summed E-state index contributed by atoms with van der Waals surface area (Å²) in [5.74, 6) is -0.639. The lowest BCUT2D eigenvalue weighted by Crippen LogP contribution is -2.15. The molecular formula is C18H31N9O. The van der Waals surface area contributed by atoms with Crippen molar-refractivity contribution >= 4 is 36.3 Å². The number of nitrogens with two attached hydrogens (primary N) is 3. The predicted octanol–water partition coefficient (Wildman–Crippen LogP) is 1.72. The Hall–Kier alpha value is -3.53. The van der Waals surface area contributed by atoms with Crippen molar-refractivity contribution < 1.29 is 4.79 Å². The predicted molar refractivity (Wildman–Crippen MR) is 118 cm³/mol. The van der Waals surface area contributed by atoms with Crippen LogP contribution in [0.4, 0.5) is 17.5 Å². The fourth-order valence-corrected chi connectivity index (χ4v) is 1.45. The van der Waals surface area contributed by atoms with E-state index in [1.54, 1.807) is 6.21 Å². The Morgan fingerprint density at radius 3 is 2.14 bits per heavy atom. The van der Waals surface area contributed by atoms with Crippen LogP contribution < -0.4 is 27.6 Å². The molecule has 28 heavy (non-hydrogen) atoms. The second-order valence-electron chi connectivity index (χ2n) is 4.53. The number of carbonyl (C=O) groups is 1. The van der Waals surface area contributed by atoms with Crippen molar-refractivity contribution in [2.75, 3.05) is 30.7 Å². The molecule has 0 radical (unpaired) electrons. The van der Waals surface area contributed by atoms with Gasteiger partial charge in [-0.05, 0) is 33.2 Å². The molecule has 0 saturated heterocycles. The molecule has 2 rings (SSSR count). The molecule has 0 bridgehead atoms. The molecular weight excluding hydrogens is 358 g/mol. The highest BCUT2D eigenvalue weighted by Gasteiger charge is 2.06. The van der Waals surface area contributed by atoms with E-state index in [0.717, 1.165) is 5.69 Å². The molecule has 1 amide bonds. The second-order valence-corrected chi connectivity index (χ2v) is 4.53. The summed E-state index contributed by atoms with van der Waals surface area (Å²) in [7, 11) is 3.75. The first-order valence-corrected chi connectivity index (χ1v) is 8.47. The number of aromatic nitrogens is 2. The zero-order valence-electron chi connectivity index (χ0n) is 17.1. The van der Waals surface area contributed by atoms with Gasteiger partial charge in [0.2, 0.25) is 5.95 Å². The van der Waals surface area contributed by atoms with E-state index in [1.807, 2.05) is 65.2 Å². The number of nitrogen functional groups attached to an aromatic ring is 2. The monoisotopic (exact) mass is 389 g/mol. The van der Waals surface area contributed by atoms with Crippen molar-refractivity contribution in [3.05, 3.63) is 42.1 Å². The van der Waals surface area contributed by atoms with Crippen LogP contribution in [0, 0.1) is 0 Å². The third-order valence-electron chi connectivity index (χ3n) is 2.45. The van der Waals surface area contributed by atoms with Gasteiger partial charge in [0.1, 0.15) is 5.82 Å². The van der Waals surface area contributed by atoms with E-state index in [1.165, 1.54) is 11.3 Å². The van der Waals surface area contributed by atoms with Gasteiger partial charge >= 0.3 is 0 Å². The number of carbonyl (C=O) groups excluding carboxylic acids is 1. The summed E-state index contributed by atoms with van der Waals surface area (Å²) in [6.07, 6.45) is 2.86.